The minimum absolute atomic E-state index is 0.136. The highest BCUT2D eigenvalue weighted by Crippen LogP contribution is 2.32. The van der Waals surface area contributed by atoms with Crippen molar-refractivity contribution in [1.29, 1.82) is 0 Å². The molecule has 0 amide bonds. The molecule has 1 aliphatic carbocycles. The van der Waals surface area contributed by atoms with E-state index < -0.39 is 10.0 Å². The van der Waals surface area contributed by atoms with E-state index in [1.807, 2.05) is 37.3 Å². The summed E-state index contributed by atoms with van der Waals surface area (Å²) < 4.78 is 33.5. The first-order valence-electron chi connectivity index (χ1n) is 8.79. The minimum atomic E-state index is -3.52. The third-order valence-corrected chi connectivity index (χ3v) is 6.60. The lowest BCUT2D eigenvalue weighted by atomic mass is 10.1. The van der Waals surface area contributed by atoms with E-state index in [1.54, 1.807) is 19.2 Å². The summed E-state index contributed by atoms with van der Waals surface area (Å²) in [6, 6.07) is 12.9. The van der Waals surface area contributed by atoms with E-state index in [1.165, 1.54) is 5.56 Å². The number of aromatic nitrogens is 1. The van der Waals surface area contributed by atoms with E-state index in [2.05, 4.69) is 9.71 Å². The number of aromatic amines is 1. The molecule has 1 heterocycles. The third-order valence-electron chi connectivity index (χ3n) is 5.07. The molecule has 3 aromatic rings. The van der Waals surface area contributed by atoms with E-state index in [4.69, 9.17) is 4.74 Å². The number of ether oxygens (including phenoxy) is 1. The molecule has 0 spiro atoms. The lowest BCUT2D eigenvalue weighted by Crippen LogP contribution is -2.35. The zero-order valence-electron chi connectivity index (χ0n) is 14.9. The van der Waals surface area contributed by atoms with Crippen molar-refractivity contribution in [2.24, 2.45) is 0 Å². The quantitative estimate of drug-likeness (QED) is 0.725. The van der Waals surface area contributed by atoms with Crippen molar-refractivity contribution in [3.05, 3.63) is 59.3 Å². The average Bonchev–Trinajstić information content (AvgIpc) is 3.17. The Morgan fingerprint density at radius 1 is 1.15 bits per heavy atom. The van der Waals surface area contributed by atoms with Crippen LogP contribution in [-0.4, -0.2) is 26.6 Å². The molecule has 0 bridgehead atoms. The van der Waals surface area contributed by atoms with E-state index in [-0.39, 0.29) is 6.04 Å². The van der Waals surface area contributed by atoms with Crippen LogP contribution in [0.2, 0.25) is 0 Å². The predicted molar refractivity (Wildman–Crippen MR) is 102 cm³/mol. The van der Waals surface area contributed by atoms with Crippen molar-refractivity contribution in [2.45, 2.75) is 37.1 Å². The number of fused-ring (bicyclic) bond motifs is 3. The van der Waals surface area contributed by atoms with Gasteiger partial charge in [-0.2, -0.15) is 0 Å². The van der Waals surface area contributed by atoms with Crippen molar-refractivity contribution in [3.63, 3.8) is 0 Å². The maximum atomic E-state index is 12.7. The van der Waals surface area contributed by atoms with Gasteiger partial charge >= 0.3 is 0 Å². The fraction of sp³-hybridized carbons (Fsp3) is 0.300. The summed E-state index contributed by atoms with van der Waals surface area (Å²) in [7, 11) is -1.87. The lowest BCUT2D eigenvalue weighted by Gasteiger charge is -2.13. The molecular weight excluding hydrogens is 348 g/mol. The van der Waals surface area contributed by atoms with Crippen molar-refractivity contribution in [3.8, 4) is 5.75 Å². The Balaban J connectivity index is 1.56. The van der Waals surface area contributed by atoms with Crippen molar-refractivity contribution >= 4 is 20.9 Å². The number of nitrogens with one attached hydrogen (secondary N) is 2. The van der Waals surface area contributed by atoms with Crippen LogP contribution in [0.3, 0.4) is 0 Å². The van der Waals surface area contributed by atoms with Crippen LogP contribution in [0.1, 0.15) is 23.7 Å². The summed E-state index contributed by atoms with van der Waals surface area (Å²) in [5.41, 5.74) is 4.46. The summed E-state index contributed by atoms with van der Waals surface area (Å²) >= 11 is 0. The maximum absolute atomic E-state index is 12.7. The summed E-state index contributed by atoms with van der Waals surface area (Å²) in [4.78, 5) is 3.72. The zero-order chi connectivity index (χ0) is 18.3. The van der Waals surface area contributed by atoms with Gasteiger partial charge in [0.2, 0.25) is 10.0 Å². The highest BCUT2D eigenvalue weighted by atomic mass is 32.2. The number of hydrogen-bond donors (Lipinski definition) is 2. The molecule has 1 aromatic heterocycles. The SMILES string of the molecule is CCc1ccc(S(=O)(=O)NC2Cc3[nH]c4ccc(OC)cc4c3C2)cc1. The first-order chi connectivity index (χ1) is 12.5. The Morgan fingerprint density at radius 3 is 2.62 bits per heavy atom. The molecule has 0 aliphatic heterocycles. The second-order valence-electron chi connectivity index (χ2n) is 6.72. The van der Waals surface area contributed by atoms with Crippen molar-refractivity contribution < 1.29 is 13.2 Å². The molecular formula is C20H22N2O3S. The van der Waals surface area contributed by atoms with Gasteiger partial charge < -0.3 is 9.72 Å². The molecule has 0 saturated heterocycles. The van der Waals surface area contributed by atoms with E-state index >= 15 is 0 Å². The number of rotatable bonds is 5. The molecule has 2 aromatic carbocycles. The van der Waals surface area contributed by atoms with Crippen molar-refractivity contribution in [1.82, 2.24) is 9.71 Å². The molecule has 0 radical (unpaired) electrons. The van der Waals surface area contributed by atoms with Gasteiger partial charge in [0.15, 0.2) is 0 Å². The molecule has 136 valence electrons. The summed E-state index contributed by atoms with van der Waals surface area (Å²) in [5.74, 6) is 0.805. The number of sulfonamides is 1. The third kappa shape index (κ3) is 2.99. The Bertz CT molecular complexity index is 1050. The van der Waals surface area contributed by atoms with Crippen LogP contribution in [0.5, 0.6) is 5.75 Å². The zero-order valence-corrected chi connectivity index (χ0v) is 15.7. The van der Waals surface area contributed by atoms with E-state index in [9.17, 15) is 8.42 Å². The van der Waals surface area contributed by atoms with Gasteiger partial charge in [0.25, 0.3) is 0 Å². The van der Waals surface area contributed by atoms with Crippen LogP contribution in [-0.2, 0) is 29.3 Å². The number of H-pyrrole nitrogens is 1. The topological polar surface area (TPSA) is 71.2 Å². The van der Waals surface area contributed by atoms with Crippen LogP contribution in [0.4, 0.5) is 0 Å². The molecule has 1 aliphatic rings. The maximum Gasteiger partial charge on any atom is 0.240 e. The van der Waals surface area contributed by atoms with Gasteiger partial charge in [0, 0.05) is 29.1 Å². The van der Waals surface area contributed by atoms with E-state index in [0.717, 1.165) is 34.3 Å². The van der Waals surface area contributed by atoms with Gasteiger partial charge in [0.05, 0.1) is 12.0 Å². The van der Waals surface area contributed by atoms with Gasteiger partial charge in [-0.1, -0.05) is 19.1 Å². The number of aryl methyl sites for hydroxylation is 1. The molecule has 26 heavy (non-hydrogen) atoms. The minimum Gasteiger partial charge on any atom is -0.497 e. The molecule has 6 heteroatoms. The van der Waals surface area contributed by atoms with Gasteiger partial charge in [0.1, 0.15) is 5.75 Å². The monoisotopic (exact) mass is 370 g/mol. The highest BCUT2D eigenvalue weighted by molar-refractivity contribution is 7.89. The number of methoxy groups -OCH3 is 1. The van der Waals surface area contributed by atoms with Crippen LogP contribution in [0.15, 0.2) is 47.4 Å². The van der Waals surface area contributed by atoms with Crippen LogP contribution < -0.4 is 9.46 Å². The fourth-order valence-corrected chi connectivity index (χ4v) is 4.89. The van der Waals surface area contributed by atoms with Gasteiger partial charge in [-0.15, -0.1) is 0 Å². The number of hydrogen-bond acceptors (Lipinski definition) is 3. The normalized spacial score (nSPS) is 16.8. The van der Waals surface area contributed by atoms with Crippen LogP contribution >= 0.6 is 0 Å². The van der Waals surface area contributed by atoms with Gasteiger partial charge in [-0.25, -0.2) is 13.1 Å². The molecule has 0 fully saturated rings. The first kappa shape index (κ1) is 17.1. The summed E-state index contributed by atoms with van der Waals surface area (Å²) in [6.45, 7) is 2.05. The molecule has 0 saturated carbocycles. The molecule has 2 N–H and O–H groups in total. The molecule has 4 rings (SSSR count). The Kier molecular flexibility index (Phi) is 4.25. The summed E-state index contributed by atoms with van der Waals surface area (Å²) in [5, 5.41) is 1.10. The van der Waals surface area contributed by atoms with Gasteiger partial charge in [-0.05, 0) is 54.3 Å². The van der Waals surface area contributed by atoms with E-state index in [0.29, 0.717) is 17.7 Å². The largest absolute Gasteiger partial charge is 0.497 e. The first-order valence-corrected chi connectivity index (χ1v) is 10.3. The standard InChI is InChI=1S/C20H22N2O3S/c1-3-13-4-7-16(8-5-13)26(23,24)22-14-10-17-18-12-15(25-2)6-9-19(18)21-20(17)11-14/h4-9,12,14,21-22H,3,10-11H2,1-2H3. The second-order valence-corrected chi connectivity index (χ2v) is 8.43. The smallest absolute Gasteiger partial charge is 0.240 e. The van der Waals surface area contributed by atoms with Crippen molar-refractivity contribution in [2.75, 3.05) is 7.11 Å². The Morgan fingerprint density at radius 2 is 1.92 bits per heavy atom. The molecule has 1 unspecified atom stereocenters. The van der Waals surface area contributed by atoms with Gasteiger partial charge in [-0.3, -0.25) is 0 Å². The Labute approximate surface area is 153 Å². The highest BCUT2D eigenvalue weighted by Gasteiger charge is 2.29. The lowest BCUT2D eigenvalue weighted by molar-refractivity contribution is 0.415. The Hall–Kier alpha value is -2.31. The summed E-state index contributed by atoms with van der Waals surface area (Å²) in [6.07, 6.45) is 2.23. The number of benzene rings is 2. The fourth-order valence-electron chi connectivity index (χ4n) is 3.66. The van der Waals surface area contributed by atoms with Crippen LogP contribution in [0, 0.1) is 0 Å². The van der Waals surface area contributed by atoms with Crippen LogP contribution in [0.25, 0.3) is 10.9 Å². The second kappa shape index (κ2) is 6.45. The average molecular weight is 370 g/mol. The molecule has 1 atom stereocenters. The predicted octanol–water partition coefficient (Wildman–Crippen LogP) is 3.18. The molecule has 5 nitrogen and oxygen atoms in total.